The van der Waals surface area contributed by atoms with E-state index in [9.17, 15) is 18.8 Å². The number of nitrogens with two attached hydrogens (primary N) is 1. The van der Waals surface area contributed by atoms with Crippen molar-refractivity contribution in [3.8, 4) is 11.1 Å². The number of nitrogens with one attached hydrogen (secondary N) is 1. The van der Waals surface area contributed by atoms with E-state index in [1.807, 2.05) is 6.92 Å². The molecule has 0 bridgehead atoms. The van der Waals surface area contributed by atoms with Crippen LogP contribution in [0.4, 0.5) is 14.5 Å². The van der Waals surface area contributed by atoms with Crippen LogP contribution in [0.15, 0.2) is 48.5 Å². The zero-order valence-electron chi connectivity index (χ0n) is 20.1. The smallest absolute Gasteiger partial charge is 0.270 e. The molecule has 1 aliphatic rings. The first-order chi connectivity index (χ1) is 18.1. The van der Waals surface area contributed by atoms with Crippen molar-refractivity contribution in [3.63, 3.8) is 0 Å². The molecule has 2 unspecified atom stereocenters. The summed E-state index contributed by atoms with van der Waals surface area (Å²) in [6.07, 6.45) is -1.67. The summed E-state index contributed by atoms with van der Waals surface area (Å²) < 4.78 is 31.7. The zero-order chi connectivity index (χ0) is 27.1. The lowest BCUT2D eigenvalue weighted by Gasteiger charge is -2.24. The second-order valence-electron chi connectivity index (χ2n) is 8.97. The number of amides is 3. The minimum atomic E-state index is -1.43. The van der Waals surface area contributed by atoms with Gasteiger partial charge >= 0.3 is 0 Å². The molecule has 196 valence electrons. The van der Waals surface area contributed by atoms with E-state index >= 15 is 4.39 Å². The van der Waals surface area contributed by atoms with Gasteiger partial charge in [0.05, 0.1) is 22.4 Å². The van der Waals surface area contributed by atoms with E-state index < -0.39 is 35.8 Å². The Balaban J connectivity index is 1.37. The zero-order valence-corrected chi connectivity index (χ0v) is 21.7. The SMILES string of the molecule is Cc1cc2c(s1)c(C(N)=O)nn2CC(=O)N1CC(F)CC1C(=O)Nc1cccc(-c2ccccc2Cl)c1F. The third-order valence-corrected chi connectivity index (χ3v) is 7.74. The molecule has 12 heteroatoms. The van der Waals surface area contributed by atoms with Crippen molar-refractivity contribution in [3.05, 3.63) is 69.9 Å². The fourth-order valence-electron chi connectivity index (χ4n) is 4.62. The van der Waals surface area contributed by atoms with Gasteiger partial charge in [-0.3, -0.25) is 19.1 Å². The van der Waals surface area contributed by atoms with E-state index in [2.05, 4.69) is 10.4 Å². The van der Waals surface area contributed by atoms with Gasteiger partial charge in [-0.1, -0.05) is 41.9 Å². The lowest BCUT2D eigenvalue weighted by Crippen LogP contribution is -2.44. The monoisotopic (exact) mass is 557 g/mol. The van der Waals surface area contributed by atoms with Crippen molar-refractivity contribution in [2.45, 2.75) is 32.1 Å². The molecule has 3 amide bonds. The maximum absolute atomic E-state index is 15.3. The van der Waals surface area contributed by atoms with Gasteiger partial charge in [-0.05, 0) is 25.1 Å². The van der Waals surface area contributed by atoms with Crippen LogP contribution in [0.3, 0.4) is 0 Å². The van der Waals surface area contributed by atoms with Gasteiger partial charge in [0.2, 0.25) is 11.8 Å². The van der Waals surface area contributed by atoms with Crippen LogP contribution in [0.2, 0.25) is 5.02 Å². The number of aryl methyl sites for hydroxylation is 1. The van der Waals surface area contributed by atoms with Crippen LogP contribution in [-0.2, 0) is 16.1 Å². The number of hydrogen-bond donors (Lipinski definition) is 2. The lowest BCUT2D eigenvalue weighted by molar-refractivity contribution is -0.137. The summed E-state index contributed by atoms with van der Waals surface area (Å²) in [5.41, 5.74) is 6.55. The maximum atomic E-state index is 15.3. The number of primary amides is 1. The van der Waals surface area contributed by atoms with Crippen molar-refractivity contribution in [2.24, 2.45) is 5.73 Å². The highest BCUT2D eigenvalue weighted by atomic mass is 35.5. The van der Waals surface area contributed by atoms with E-state index in [0.717, 1.165) is 9.78 Å². The largest absolute Gasteiger partial charge is 0.364 e. The minimum Gasteiger partial charge on any atom is -0.364 e. The van der Waals surface area contributed by atoms with Crippen molar-refractivity contribution >= 4 is 56.6 Å². The minimum absolute atomic E-state index is 0.0406. The average molecular weight is 558 g/mol. The highest BCUT2D eigenvalue weighted by molar-refractivity contribution is 7.19. The summed E-state index contributed by atoms with van der Waals surface area (Å²) in [6.45, 7) is 1.22. The number of likely N-dealkylation sites (tertiary alicyclic amines) is 1. The van der Waals surface area contributed by atoms with Crippen molar-refractivity contribution in [1.82, 2.24) is 14.7 Å². The van der Waals surface area contributed by atoms with Crippen molar-refractivity contribution < 1.29 is 23.2 Å². The first-order valence-electron chi connectivity index (χ1n) is 11.7. The standard InChI is InChI=1S/C26H22ClF2N5O3S/c1-13-9-19-24(38-13)23(25(30)36)32-34(19)12-21(35)33-11-14(28)10-20(33)26(37)31-18-8-4-6-16(22(18)29)15-5-2-3-7-17(15)27/h2-9,14,20H,10-12H2,1H3,(H2,30,36)(H,31,37). The van der Waals surface area contributed by atoms with Crippen LogP contribution < -0.4 is 11.1 Å². The molecule has 8 nitrogen and oxygen atoms in total. The van der Waals surface area contributed by atoms with Gasteiger partial charge < -0.3 is 16.0 Å². The lowest BCUT2D eigenvalue weighted by atomic mass is 10.0. The summed E-state index contributed by atoms with van der Waals surface area (Å²) in [4.78, 5) is 40.2. The van der Waals surface area contributed by atoms with E-state index in [-0.39, 0.29) is 36.5 Å². The van der Waals surface area contributed by atoms with Gasteiger partial charge in [-0.25, -0.2) is 8.78 Å². The van der Waals surface area contributed by atoms with E-state index in [1.165, 1.54) is 28.2 Å². The molecule has 0 radical (unpaired) electrons. The fraction of sp³-hybridized carbons (Fsp3) is 0.231. The Hall–Kier alpha value is -3.83. The second-order valence-corrected chi connectivity index (χ2v) is 10.6. The first kappa shape index (κ1) is 25.8. The first-order valence-corrected chi connectivity index (χ1v) is 12.9. The van der Waals surface area contributed by atoms with E-state index in [4.69, 9.17) is 17.3 Å². The molecular weight excluding hydrogens is 536 g/mol. The Bertz CT molecular complexity index is 1590. The highest BCUT2D eigenvalue weighted by Crippen LogP contribution is 2.33. The number of carbonyl (C=O) groups is 3. The number of carbonyl (C=O) groups excluding carboxylic acids is 3. The van der Waals surface area contributed by atoms with Crippen LogP contribution in [-0.4, -0.2) is 51.2 Å². The van der Waals surface area contributed by atoms with Gasteiger partial charge in [0.1, 0.15) is 18.8 Å². The molecular formula is C26H22ClF2N5O3S. The molecule has 5 rings (SSSR count). The number of nitrogens with zero attached hydrogens (tertiary/aromatic N) is 3. The van der Waals surface area contributed by atoms with E-state index in [1.54, 1.807) is 36.4 Å². The molecule has 1 saturated heterocycles. The number of alkyl halides is 1. The summed E-state index contributed by atoms with van der Waals surface area (Å²) >= 11 is 7.53. The molecule has 3 heterocycles. The number of fused-ring (bicyclic) bond motifs is 1. The summed E-state index contributed by atoms with van der Waals surface area (Å²) in [5.74, 6) is -2.72. The summed E-state index contributed by atoms with van der Waals surface area (Å²) in [5, 5.41) is 7.01. The number of anilines is 1. The molecule has 3 N–H and O–H groups in total. The summed E-state index contributed by atoms with van der Waals surface area (Å²) in [7, 11) is 0. The molecule has 0 spiro atoms. The third kappa shape index (κ3) is 4.74. The van der Waals surface area contributed by atoms with Gasteiger partial charge in [-0.15, -0.1) is 11.3 Å². The average Bonchev–Trinajstić information content (AvgIpc) is 3.54. The highest BCUT2D eigenvalue weighted by Gasteiger charge is 2.40. The predicted molar refractivity (Wildman–Crippen MR) is 141 cm³/mol. The molecule has 2 aromatic carbocycles. The second kappa shape index (κ2) is 10.1. The number of rotatable bonds is 6. The van der Waals surface area contributed by atoms with Crippen LogP contribution in [0.25, 0.3) is 21.3 Å². The Morgan fingerprint density at radius 2 is 1.92 bits per heavy atom. The van der Waals surface area contributed by atoms with Gasteiger partial charge in [0, 0.05) is 27.4 Å². The van der Waals surface area contributed by atoms with Crippen LogP contribution in [0, 0.1) is 12.7 Å². The molecule has 38 heavy (non-hydrogen) atoms. The molecule has 2 atom stereocenters. The number of benzene rings is 2. The Kier molecular flexibility index (Phi) is 6.89. The molecule has 0 saturated carbocycles. The number of thiophene rings is 1. The van der Waals surface area contributed by atoms with Crippen LogP contribution in [0.1, 0.15) is 21.8 Å². The van der Waals surface area contributed by atoms with Gasteiger partial charge in [-0.2, -0.15) is 5.10 Å². The van der Waals surface area contributed by atoms with Crippen molar-refractivity contribution in [1.29, 1.82) is 0 Å². The fourth-order valence-corrected chi connectivity index (χ4v) is 5.86. The Labute approximate surface area is 225 Å². The maximum Gasteiger partial charge on any atom is 0.270 e. The quantitative estimate of drug-likeness (QED) is 0.362. The molecule has 2 aromatic heterocycles. The Morgan fingerprint density at radius 3 is 2.66 bits per heavy atom. The number of aromatic nitrogens is 2. The normalized spacial score (nSPS) is 17.2. The van der Waals surface area contributed by atoms with Crippen LogP contribution >= 0.6 is 22.9 Å². The van der Waals surface area contributed by atoms with Gasteiger partial charge in [0.15, 0.2) is 11.5 Å². The number of halogens is 3. The molecule has 1 fully saturated rings. The number of hydrogen-bond acceptors (Lipinski definition) is 5. The predicted octanol–water partition coefficient (Wildman–Crippen LogP) is 4.54. The molecule has 0 aliphatic carbocycles. The Morgan fingerprint density at radius 1 is 1.18 bits per heavy atom. The van der Waals surface area contributed by atoms with E-state index in [0.29, 0.717) is 20.8 Å². The topological polar surface area (TPSA) is 110 Å². The van der Waals surface area contributed by atoms with Gasteiger partial charge in [0.25, 0.3) is 5.91 Å². The third-order valence-electron chi connectivity index (χ3n) is 6.36. The molecule has 4 aromatic rings. The summed E-state index contributed by atoms with van der Waals surface area (Å²) in [6, 6.07) is 11.8. The molecule has 1 aliphatic heterocycles. The van der Waals surface area contributed by atoms with Crippen molar-refractivity contribution in [2.75, 3.05) is 11.9 Å². The van der Waals surface area contributed by atoms with Crippen LogP contribution in [0.5, 0.6) is 0 Å².